The van der Waals surface area contributed by atoms with Gasteiger partial charge in [0.05, 0.1) is 17.6 Å². The molecular formula is C18H16ClN3O4S2. The summed E-state index contributed by atoms with van der Waals surface area (Å²) in [5.74, 6) is -2.54. The van der Waals surface area contributed by atoms with Gasteiger partial charge < -0.3 is 10.1 Å². The van der Waals surface area contributed by atoms with Crippen molar-refractivity contribution in [1.29, 1.82) is 5.26 Å². The van der Waals surface area contributed by atoms with Gasteiger partial charge in [-0.05, 0) is 31.2 Å². The van der Waals surface area contributed by atoms with E-state index in [9.17, 15) is 14.4 Å². The second kappa shape index (κ2) is 10.8. The zero-order valence-electron chi connectivity index (χ0n) is 14.8. The number of nitriles is 1. The number of nitrogens with zero attached hydrogens (tertiary/aromatic N) is 2. The average Bonchev–Trinajstić information content (AvgIpc) is 3.08. The van der Waals surface area contributed by atoms with Crippen LogP contribution in [0.15, 0.2) is 29.6 Å². The lowest BCUT2D eigenvalue weighted by Gasteiger charge is -2.07. The molecule has 0 saturated carbocycles. The Balaban J connectivity index is 1.69. The number of amides is 1. The van der Waals surface area contributed by atoms with Crippen molar-refractivity contribution in [2.75, 3.05) is 23.4 Å². The van der Waals surface area contributed by atoms with Crippen LogP contribution in [0.3, 0.4) is 0 Å². The summed E-state index contributed by atoms with van der Waals surface area (Å²) in [7, 11) is 0. The smallest absolute Gasteiger partial charge is 0.316 e. The number of esters is 1. The van der Waals surface area contributed by atoms with E-state index in [0.29, 0.717) is 15.7 Å². The van der Waals surface area contributed by atoms with Crippen LogP contribution in [0.2, 0.25) is 5.02 Å². The molecule has 1 aromatic heterocycles. The Morgan fingerprint density at radius 2 is 2.04 bits per heavy atom. The third-order valence-electron chi connectivity index (χ3n) is 3.29. The molecule has 0 aliphatic heterocycles. The first kappa shape index (κ1) is 21.9. The molecule has 1 N–H and O–H groups in total. The molecule has 1 heterocycles. The molecule has 0 fully saturated rings. The van der Waals surface area contributed by atoms with Crippen molar-refractivity contribution in [2.24, 2.45) is 0 Å². The van der Waals surface area contributed by atoms with Gasteiger partial charge in [0.1, 0.15) is 5.01 Å². The number of ketones is 1. The quantitative estimate of drug-likeness (QED) is 0.600. The number of hydrogen-bond donors (Lipinski definition) is 1. The molecule has 0 spiro atoms. The van der Waals surface area contributed by atoms with Gasteiger partial charge in [-0.2, -0.15) is 5.26 Å². The van der Waals surface area contributed by atoms with Gasteiger partial charge in [-0.15, -0.1) is 23.1 Å². The SMILES string of the molecule is Cc1csc([C@H](C#N)C(=O)COC(=O)CSCC(=O)Nc2ccc(Cl)cc2)n1. The summed E-state index contributed by atoms with van der Waals surface area (Å²) in [4.78, 5) is 39.8. The number of rotatable bonds is 9. The molecule has 0 unspecified atom stereocenters. The van der Waals surface area contributed by atoms with E-state index >= 15 is 0 Å². The van der Waals surface area contributed by atoms with Crippen molar-refractivity contribution in [1.82, 2.24) is 4.98 Å². The van der Waals surface area contributed by atoms with Crippen molar-refractivity contribution in [3.63, 3.8) is 0 Å². The number of aryl methyl sites for hydroxylation is 1. The number of nitrogens with one attached hydrogen (secondary N) is 1. The number of anilines is 1. The number of hydrogen-bond acceptors (Lipinski definition) is 8. The van der Waals surface area contributed by atoms with Gasteiger partial charge in [0, 0.05) is 21.8 Å². The number of thiazole rings is 1. The minimum Gasteiger partial charge on any atom is -0.457 e. The normalized spacial score (nSPS) is 11.3. The van der Waals surface area contributed by atoms with Crippen LogP contribution in [0.4, 0.5) is 5.69 Å². The van der Waals surface area contributed by atoms with Crippen molar-refractivity contribution in [2.45, 2.75) is 12.8 Å². The van der Waals surface area contributed by atoms with E-state index in [1.165, 1.54) is 11.3 Å². The second-order valence-electron chi connectivity index (χ2n) is 5.56. The van der Waals surface area contributed by atoms with E-state index < -0.39 is 24.3 Å². The molecule has 0 aliphatic carbocycles. The zero-order valence-corrected chi connectivity index (χ0v) is 17.2. The van der Waals surface area contributed by atoms with Crippen molar-refractivity contribution in [3.05, 3.63) is 45.4 Å². The van der Waals surface area contributed by atoms with E-state index in [1.807, 2.05) is 6.07 Å². The van der Waals surface area contributed by atoms with Gasteiger partial charge in [0.2, 0.25) is 5.91 Å². The molecule has 2 aromatic rings. The first-order valence-corrected chi connectivity index (χ1v) is 10.4. The molecule has 10 heteroatoms. The fourth-order valence-corrected chi connectivity index (χ4v) is 3.60. The number of halogens is 1. The van der Waals surface area contributed by atoms with Gasteiger partial charge in [0.15, 0.2) is 18.3 Å². The Bertz CT molecular complexity index is 893. The molecule has 0 aliphatic rings. The number of carbonyl (C=O) groups excluding carboxylic acids is 3. The van der Waals surface area contributed by atoms with Gasteiger partial charge >= 0.3 is 5.97 Å². The van der Waals surface area contributed by atoms with Gasteiger partial charge in [-0.1, -0.05) is 11.6 Å². The van der Waals surface area contributed by atoms with E-state index in [4.69, 9.17) is 21.6 Å². The molecule has 1 atom stereocenters. The van der Waals surface area contributed by atoms with Gasteiger partial charge in [-0.3, -0.25) is 14.4 Å². The maximum Gasteiger partial charge on any atom is 0.316 e. The third-order valence-corrected chi connectivity index (χ3v) is 5.48. The zero-order chi connectivity index (χ0) is 20.5. The highest BCUT2D eigenvalue weighted by molar-refractivity contribution is 8.00. The largest absolute Gasteiger partial charge is 0.457 e. The van der Waals surface area contributed by atoms with E-state index in [-0.39, 0.29) is 17.4 Å². The van der Waals surface area contributed by atoms with Crippen LogP contribution in [0.25, 0.3) is 0 Å². The minimum atomic E-state index is -1.05. The maximum atomic E-state index is 12.1. The lowest BCUT2D eigenvalue weighted by Crippen LogP contribution is -2.21. The lowest BCUT2D eigenvalue weighted by molar-refractivity contribution is -0.145. The van der Waals surface area contributed by atoms with E-state index in [2.05, 4.69) is 10.3 Å². The molecule has 2 rings (SSSR count). The number of Topliss-reactive ketones (excluding diaryl/α,β-unsaturated/α-hetero) is 1. The van der Waals surface area contributed by atoms with Crippen molar-refractivity contribution < 1.29 is 19.1 Å². The summed E-state index contributed by atoms with van der Waals surface area (Å²) in [6.45, 7) is 1.26. The van der Waals surface area contributed by atoms with Crippen LogP contribution in [-0.2, 0) is 19.1 Å². The van der Waals surface area contributed by atoms with Crippen LogP contribution in [0, 0.1) is 18.3 Å². The molecular weight excluding hydrogens is 422 g/mol. The summed E-state index contributed by atoms with van der Waals surface area (Å²) in [6.07, 6.45) is 0. The Kier molecular flexibility index (Phi) is 8.44. The van der Waals surface area contributed by atoms with Crippen LogP contribution in [0.5, 0.6) is 0 Å². The van der Waals surface area contributed by atoms with Crippen LogP contribution < -0.4 is 5.32 Å². The highest BCUT2D eigenvalue weighted by Crippen LogP contribution is 2.21. The topological polar surface area (TPSA) is 109 Å². The summed E-state index contributed by atoms with van der Waals surface area (Å²) < 4.78 is 4.90. The monoisotopic (exact) mass is 437 g/mol. The molecule has 28 heavy (non-hydrogen) atoms. The first-order chi connectivity index (χ1) is 13.4. The van der Waals surface area contributed by atoms with Crippen molar-refractivity contribution in [3.8, 4) is 6.07 Å². The van der Waals surface area contributed by atoms with E-state index in [0.717, 1.165) is 17.5 Å². The summed E-state index contributed by atoms with van der Waals surface area (Å²) in [5.41, 5.74) is 1.32. The first-order valence-electron chi connectivity index (χ1n) is 8.02. The standard InChI is InChI=1S/C18H16ClN3O4S2/c1-11-8-28-18(21-11)14(6-20)15(23)7-26-17(25)10-27-9-16(24)22-13-4-2-12(19)3-5-13/h2-5,8,14H,7,9-10H2,1H3,(H,22,24)/t14-/m1/s1. The highest BCUT2D eigenvalue weighted by Gasteiger charge is 2.24. The molecule has 146 valence electrons. The highest BCUT2D eigenvalue weighted by atomic mass is 35.5. The van der Waals surface area contributed by atoms with Crippen molar-refractivity contribution >= 4 is 58.0 Å². The molecule has 1 aromatic carbocycles. The maximum absolute atomic E-state index is 12.1. The molecule has 0 saturated heterocycles. The Hall–Kier alpha value is -2.41. The van der Waals surface area contributed by atoms with Crippen LogP contribution >= 0.6 is 34.7 Å². The van der Waals surface area contributed by atoms with Crippen LogP contribution in [-0.4, -0.2) is 40.8 Å². The summed E-state index contributed by atoms with van der Waals surface area (Å²) >= 11 is 8.04. The lowest BCUT2D eigenvalue weighted by atomic mass is 10.1. The predicted octanol–water partition coefficient (Wildman–Crippen LogP) is 3.20. The Morgan fingerprint density at radius 1 is 1.32 bits per heavy atom. The van der Waals surface area contributed by atoms with E-state index in [1.54, 1.807) is 36.6 Å². The van der Waals surface area contributed by atoms with Crippen LogP contribution in [0.1, 0.15) is 16.6 Å². The van der Waals surface area contributed by atoms with Gasteiger partial charge in [0.25, 0.3) is 0 Å². The number of aromatic nitrogens is 1. The Morgan fingerprint density at radius 3 is 2.64 bits per heavy atom. The number of ether oxygens (including phenoxy) is 1. The summed E-state index contributed by atoms with van der Waals surface area (Å²) in [6, 6.07) is 8.52. The average molecular weight is 438 g/mol. The summed E-state index contributed by atoms with van der Waals surface area (Å²) in [5, 5.41) is 14.5. The third kappa shape index (κ3) is 6.96. The minimum absolute atomic E-state index is 0.0465. The molecule has 0 radical (unpaired) electrons. The number of carbonyl (C=O) groups is 3. The second-order valence-corrected chi connectivity index (χ2v) is 7.88. The predicted molar refractivity (Wildman–Crippen MR) is 109 cm³/mol. The van der Waals surface area contributed by atoms with Gasteiger partial charge in [-0.25, -0.2) is 4.98 Å². The number of benzene rings is 1. The number of thioether (sulfide) groups is 1. The Labute approximate surface area is 175 Å². The molecule has 1 amide bonds. The molecule has 7 nitrogen and oxygen atoms in total. The fraction of sp³-hybridized carbons (Fsp3) is 0.278. The fourth-order valence-electron chi connectivity index (χ4n) is 2.00. The molecule has 0 bridgehead atoms.